The zero-order valence-electron chi connectivity index (χ0n) is 10.7. The second kappa shape index (κ2) is 6.60. The van der Waals surface area contributed by atoms with Crippen molar-refractivity contribution in [3.05, 3.63) is 0 Å². The first-order valence-corrected chi connectivity index (χ1v) is 6.76. The second-order valence-electron chi connectivity index (χ2n) is 5.43. The van der Waals surface area contributed by atoms with Gasteiger partial charge >= 0.3 is 0 Å². The third-order valence-corrected chi connectivity index (χ3v) is 4.17. The number of halogens is 1. The third-order valence-electron chi connectivity index (χ3n) is 4.17. The number of likely N-dealkylation sites (tertiary alicyclic amines) is 1. The summed E-state index contributed by atoms with van der Waals surface area (Å²) in [5.74, 6) is 0.909. The minimum Gasteiger partial charge on any atom is -0.338 e. The van der Waals surface area contributed by atoms with Gasteiger partial charge in [-0.05, 0) is 38.5 Å². The molecule has 0 aromatic carbocycles. The van der Waals surface area contributed by atoms with Crippen LogP contribution in [-0.4, -0.2) is 29.4 Å². The molecule has 1 saturated carbocycles. The van der Waals surface area contributed by atoms with E-state index in [0.717, 1.165) is 12.5 Å². The predicted octanol–water partition coefficient (Wildman–Crippen LogP) is 2.33. The van der Waals surface area contributed by atoms with Gasteiger partial charge in [0.05, 0.1) is 6.04 Å². The molecule has 0 bridgehead atoms. The summed E-state index contributed by atoms with van der Waals surface area (Å²) in [6, 6.07) is 0.169. The molecule has 3 nitrogen and oxygen atoms in total. The SMILES string of the molecule is C[C@@H](N)C(=O)N1CCCC1C1CCCCC1.Cl. The molecule has 1 heterocycles. The Hall–Kier alpha value is -0.280. The molecule has 1 saturated heterocycles. The molecule has 1 aliphatic heterocycles. The number of nitrogens with zero attached hydrogens (tertiary/aromatic N) is 1. The molecule has 2 rings (SSSR count). The van der Waals surface area contributed by atoms with Crippen molar-refractivity contribution in [2.45, 2.75) is 64.0 Å². The molecule has 2 atom stereocenters. The van der Waals surface area contributed by atoms with Crippen LogP contribution in [-0.2, 0) is 4.79 Å². The van der Waals surface area contributed by atoms with E-state index in [0.29, 0.717) is 6.04 Å². The number of hydrogen-bond donors (Lipinski definition) is 1. The number of carbonyl (C=O) groups is 1. The summed E-state index contributed by atoms with van der Waals surface area (Å²) in [6.45, 7) is 2.74. The summed E-state index contributed by atoms with van der Waals surface area (Å²) in [5, 5.41) is 0. The number of amides is 1. The maximum atomic E-state index is 12.0. The highest BCUT2D eigenvalue weighted by Crippen LogP contribution is 2.34. The molecule has 2 N–H and O–H groups in total. The predicted molar refractivity (Wildman–Crippen MR) is 72.2 cm³/mol. The van der Waals surface area contributed by atoms with Crippen molar-refractivity contribution in [1.29, 1.82) is 0 Å². The summed E-state index contributed by atoms with van der Waals surface area (Å²) in [7, 11) is 0. The van der Waals surface area contributed by atoms with Gasteiger partial charge in [0.25, 0.3) is 0 Å². The fourth-order valence-corrected chi connectivity index (χ4v) is 3.34. The summed E-state index contributed by atoms with van der Waals surface area (Å²) in [5.41, 5.74) is 5.72. The van der Waals surface area contributed by atoms with Crippen molar-refractivity contribution in [3.8, 4) is 0 Å². The Labute approximate surface area is 111 Å². The van der Waals surface area contributed by atoms with E-state index in [4.69, 9.17) is 5.73 Å². The lowest BCUT2D eigenvalue weighted by Gasteiger charge is -2.34. The fraction of sp³-hybridized carbons (Fsp3) is 0.923. The Morgan fingerprint density at radius 1 is 1.18 bits per heavy atom. The van der Waals surface area contributed by atoms with Crippen LogP contribution in [0.2, 0.25) is 0 Å². The molecule has 0 aromatic heterocycles. The van der Waals surface area contributed by atoms with Crippen molar-refractivity contribution in [2.75, 3.05) is 6.54 Å². The molecular weight excluding hydrogens is 236 g/mol. The Morgan fingerprint density at radius 2 is 1.82 bits per heavy atom. The highest BCUT2D eigenvalue weighted by Gasteiger charge is 2.35. The average Bonchev–Trinajstić information content (AvgIpc) is 2.77. The van der Waals surface area contributed by atoms with E-state index in [1.54, 1.807) is 6.92 Å². The maximum absolute atomic E-state index is 12.0. The number of nitrogens with two attached hydrogens (primary N) is 1. The second-order valence-corrected chi connectivity index (χ2v) is 5.43. The van der Waals surface area contributed by atoms with Gasteiger partial charge in [-0.1, -0.05) is 19.3 Å². The van der Waals surface area contributed by atoms with Crippen LogP contribution in [0.5, 0.6) is 0 Å². The Bertz CT molecular complexity index is 252. The van der Waals surface area contributed by atoms with Gasteiger partial charge in [-0.2, -0.15) is 0 Å². The lowest BCUT2D eigenvalue weighted by molar-refractivity contribution is -0.134. The lowest BCUT2D eigenvalue weighted by atomic mass is 9.83. The highest BCUT2D eigenvalue weighted by molar-refractivity contribution is 5.85. The zero-order valence-corrected chi connectivity index (χ0v) is 11.5. The molecule has 1 unspecified atom stereocenters. The molecular formula is C13H25ClN2O. The topological polar surface area (TPSA) is 46.3 Å². The molecule has 1 aliphatic carbocycles. The van der Waals surface area contributed by atoms with Crippen LogP contribution >= 0.6 is 12.4 Å². The number of rotatable bonds is 2. The van der Waals surface area contributed by atoms with Crippen molar-refractivity contribution < 1.29 is 4.79 Å². The third kappa shape index (κ3) is 3.35. The van der Waals surface area contributed by atoms with E-state index in [2.05, 4.69) is 4.90 Å². The van der Waals surface area contributed by atoms with Crippen LogP contribution in [0, 0.1) is 5.92 Å². The van der Waals surface area contributed by atoms with Crippen LogP contribution in [0.3, 0.4) is 0 Å². The van der Waals surface area contributed by atoms with Gasteiger partial charge in [0, 0.05) is 12.6 Å². The van der Waals surface area contributed by atoms with Crippen LogP contribution < -0.4 is 5.73 Å². The van der Waals surface area contributed by atoms with Crippen molar-refractivity contribution in [2.24, 2.45) is 11.7 Å². The molecule has 0 radical (unpaired) electrons. The minimum absolute atomic E-state index is 0. The van der Waals surface area contributed by atoms with E-state index in [1.165, 1.54) is 44.9 Å². The van der Waals surface area contributed by atoms with Gasteiger partial charge in [0.15, 0.2) is 0 Å². The Balaban J connectivity index is 0.00000144. The average molecular weight is 261 g/mol. The van der Waals surface area contributed by atoms with Crippen molar-refractivity contribution in [1.82, 2.24) is 4.90 Å². The smallest absolute Gasteiger partial charge is 0.239 e. The van der Waals surface area contributed by atoms with E-state index in [1.807, 2.05) is 0 Å². The van der Waals surface area contributed by atoms with Gasteiger partial charge in [-0.25, -0.2) is 0 Å². The molecule has 2 fully saturated rings. The Kier molecular flexibility index (Phi) is 5.74. The molecule has 0 aromatic rings. The van der Waals surface area contributed by atoms with Gasteiger partial charge < -0.3 is 10.6 Å². The zero-order chi connectivity index (χ0) is 11.5. The van der Waals surface area contributed by atoms with E-state index < -0.39 is 0 Å². The molecule has 17 heavy (non-hydrogen) atoms. The molecule has 1 amide bonds. The Morgan fingerprint density at radius 3 is 2.41 bits per heavy atom. The quantitative estimate of drug-likeness (QED) is 0.828. The van der Waals surface area contributed by atoms with Crippen LogP contribution in [0.25, 0.3) is 0 Å². The van der Waals surface area contributed by atoms with Crippen molar-refractivity contribution >= 4 is 18.3 Å². The molecule has 100 valence electrons. The van der Waals surface area contributed by atoms with Gasteiger partial charge in [-0.15, -0.1) is 12.4 Å². The van der Waals surface area contributed by atoms with Crippen LogP contribution in [0.1, 0.15) is 51.9 Å². The first-order valence-electron chi connectivity index (χ1n) is 6.76. The van der Waals surface area contributed by atoms with E-state index in [9.17, 15) is 4.79 Å². The standard InChI is InChI=1S/C13H24N2O.ClH/c1-10(14)13(16)15-9-5-8-12(15)11-6-3-2-4-7-11;/h10-12H,2-9,14H2,1H3;1H/t10-,12?;/m1./s1. The summed E-state index contributed by atoms with van der Waals surface area (Å²) in [6.07, 6.45) is 9.07. The fourth-order valence-electron chi connectivity index (χ4n) is 3.34. The summed E-state index contributed by atoms with van der Waals surface area (Å²) < 4.78 is 0. The first-order chi connectivity index (χ1) is 7.70. The monoisotopic (exact) mass is 260 g/mol. The van der Waals surface area contributed by atoms with Gasteiger partial charge in [-0.3, -0.25) is 4.79 Å². The van der Waals surface area contributed by atoms with Crippen molar-refractivity contribution in [3.63, 3.8) is 0 Å². The van der Waals surface area contributed by atoms with Gasteiger partial charge in [0.2, 0.25) is 5.91 Å². The first kappa shape index (κ1) is 14.8. The summed E-state index contributed by atoms with van der Waals surface area (Å²) in [4.78, 5) is 14.1. The minimum atomic E-state index is -0.329. The summed E-state index contributed by atoms with van der Waals surface area (Å²) >= 11 is 0. The molecule has 4 heteroatoms. The lowest BCUT2D eigenvalue weighted by Crippen LogP contribution is -2.47. The number of hydrogen-bond acceptors (Lipinski definition) is 2. The highest BCUT2D eigenvalue weighted by atomic mass is 35.5. The molecule has 0 spiro atoms. The number of carbonyl (C=O) groups excluding carboxylic acids is 1. The van der Waals surface area contributed by atoms with Crippen LogP contribution in [0.15, 0.2) is 0 Å². The van der Waals surface area contributed by atoms with E-state index in [-0.39, 0.29) is 24.4 Å². The normalized spacial score (nSPS) is 27.6. The maximum Gasteiger partial charge on any atom is 0.239 e. The van der Waals surface area contributed by atoms with Gasteiger partial charge in [0.1, 0.15) is 0 Å². The van der Waals surface area contributed by atoms with Crippen LogP contribution in [0.4, 0.5) is 0 Å². The molecule has 2 aliphatic rings. The largest absolute Gasteiger partial charge is 0.338 e. The van der Waals surface area contributed by atoms with E-state index >= 15 is 0 Å².